The van der Waals surface area contributed by atoms with Gasteiger partial charge in [0.15, 0.2) is 5.78 Å². The number of carbonyl (C=O) groups excluding carboxylic acids is 2. The van der Waals surface area contributed by atoms with Crippen LogP contribution in [0.3, 0.4) is 0 Å². The molecule has 0 aromatic carbocycles. The van der Waals surface area contributed by atoms with Crippen molar-refractivity contribution >= 4 is 11.7 Å². The number of likely N-dealkylation sites (tertiary alicyclic amines) is 1. The van der Waals surface area contributed by atoms with Gasteiger partial charge in [0, 0.05) is 12.1 Å². The van der Waals surface area contributed by atoms with Crippen LogP contribution in [0.5, 0.6) is 0 Å². The van der Waals surface area contributed by atoms with E-state index in [1.807, 2.05) is 0 Å². The fraction of sp³-hybridized carbons (Fsp3) is 0.828. The summed E-state index contributed by atoms with van der Waals surface area (Å²) < 4.78 is 27.9. The largest absolute Gasteiger partial charge is 0.390 e. The molecule has 1 aromatic heterocycles. The summed E-state index contributed by atoms with van der Waals surface area (Å²) in [7, 11) is 0. The SMILES string of the molecule is C[C@]12CC[C@H]3[C@@H](CC[C@@H]4C5C[C@@]5(O)CC[C@H]34)[C@@H]1[C@@H]1C[C@@H]1[C@@H]2C(=O)Cn1cc(C(=O)N2CC(F)(F)C2)cn1. The first kappa shape index (κ1) is 23.1. The highest BCUT2D eigenvalue weighted by Gasteiger charge is 2.72. The molecule has 1 aromatic rings. The molecule has 1 amide bonds. The van der Waals surface area contributed by atoms with Crippen molar-refractivity contribution in [1.29, 1.82) is 0 Å². The first-order valence-corrected chi connectivity index (χ1v) is 14.5. The van der Waals surface area contributed by atoms with Gasteiger partial charge in [0.25, 0.3) is 11.8 Å². The lowest BCUT2D eigenvalue weighted by Crippen LogP contribution is -2.58. The Morgan fingerprint density at radius 1 is 1.03 bits per heavy atom. The number of fused-ring (bicyclic) bond motifs is 9. The molecule has 11 atom stereocenters. The molecule has 1 N–H and O–H groups in total. The molecule has 1 aliphatic heterocycles. The number of ketones is 1. The van der Waals surface area contributed by atoms with E-state index in [9.17, 15) is 23.5 Å². The number of hydrogen-bond donors (Lipinski definition) is 1. The molecule has 0 radical (unpaired) electrons. The van der Waals surface area contributed by atoms with Crippen LogP contribution in [0, 0.1) is 58.7 Å². The molecular formula is C29H37F2N3O3. The van der Waals surface area contributed by atoms with Crippen molar-refractivity contribution in [3.63, 3.8) is 0 Å². The van der Waals surface area contributed by atoms with E-state index in [0.29, 0.717) is 23.7 Å². The van der Waals surface area contributed by atoms with Crippen LogP contribution in [0.2, 0.25) is 0 Å². The maximum atomic E-state index is 13.8. The van der Waals surface area contributed by atoms with Gasteiger partial charge >= 0.3 is 0 Å². The minimum absolute atomic E-state index is 0.0443. The highest BCUT2D eigenvalue weighted by atomic mass is 19.3. The summed E-state index contributed by atoms with van der Waals surface area (Å²) in [5, 5.41) is 15.0. The molecule has 1 unspecified atom stereocenters. The summed E-state index contributed by atoms with van der Waals surface area (Å²) in [6.07, 6.45) is 12.2. The third-order valence-electron chi connectivity index (χ3n) is 12.4. The Kier molecular flexibility index (Phi) is 4.50. The summed E-state index contributed by atoms with van der Waals surface area (Å²) in [4.78, 5) is 27.4. The van der Waals surface area contributed by atoms with E-state index >= 15 is 0 Å². The number of aliphatic hydroxyl groups is 1. The third kappa shape index (κ3) is 3.20. The zero-order valence-electron chi connectivity index (χ0n) is 21.5. The number of carbonyl (C=O) groups is 2. The molecule has 6 saturated carbocycles. The van der Waals surface area contributed by atoms with Crippen molar-refractivity contribution in [2.24, 2.45) is 58.7 Å². The Morgan fingerprint density at radius 3 is 2.54 bits per heavy atom. The molecule has 200 valence electrons. The Balaban J connectivity index is 0.974. The van der Waals surface area contributed by atoms with E-state index in [1.54, 1.807) is 6.20 Å². The maximum Gasteiger partial charge on any atom is 0.282 e. The second-order valence-corrected chi connectivity index (χ2v) is 14.2. The van der Waals surface area contributed by atoms with E-state index in [0.717, 1.165) is 47.8 Å². The monoisotopic (exact) mass is 513 g/mol. The molecule has 2 heterocycles. The number of halogens is 2. The van der Waals surface area contributed by atoms with Gasteiger partial charge in [0.05, 0.1) is 37.0 Å². The zero-order chi connectivity index (χ0) is 25.5. The number of hydrogen-bond acceptors (Lipinski definition) is 4. The minimum atomic E-state index is -2.80. The molecule has 0 spiro atoms. The average molecular weight is 514 g/mol. The zero-order valence-corrected chi connectivity index (χ0v) is 21.5. The van der Waals surface area contributed by atoms with E-state index in [-0.39, 0.29) is 34.8 Å². The lowest BCUT2D eigenvalue weighted by Gasteiger charge is -2.57. The minimum Gasteiger partial charge on any atom is -0.390 e. The highest BCUT2D eigenvalue weighted by Crippen LogP contribution is 2.76. The maximum absolute atomic E-state index is 13.8. The molecule has 6 nitrogen and oxygen atoms in total. The van der Waals surface area contributed by atoms with Crippen LogP contribution in [-0.4, -0.2) is 56.1 Å². The van der Waals surface area contributed by atoms with Crippen molar-refractivity contribution in [3.8, 4) is 0 Å². The topological polar surface area (TPSA) is 75.4 Å². The van der Waals surface area contributed by atoms with Gasteiger partial charge in [-0.1, -0.05) is 6.92 Å². The Hall–Kier alpha value is -1.83. The van der Waals surface area contributed by atoms with E-state index in [2.05, 4.69) is 12.0 Å². The second-order valence-electron chi connectivity index (χ2n) is 14.2. The summed E-state index contributed by atoms with van der Waals surface area (Å²) in [6.45, 7) is 1.44. The standard InChI is InChI=1S/C29H37F2N3O3/c1-27-6-4-17-16-5-7-28(37)9-22(28)18(16)2-3-19(17)24(27)20-8-21(20)25(27)23(35)12-34-11-15(10-32-34)26(36)33-13-29(30,31)14-33/h10-11,16-22,24-25,37H,2-9,12-14H2,1H3/t16-,17-,18+,19-,20-,21+,22?,24-,25-,27+,28+/m1/s1. The van der Waals surface area contributed by atoms with Gasteiger partial charge in [-0.25, -0.2) is 8.78 Å². The van der Waals surface area contributed by atoms with Crippen LogP contribution in [0.15, 0.2) is 12.4 Å². The smallest absolute Gasteiger partial charge is 0.282 e. The number of nitrogens with zero attached hydrogens (tertiary/aromatic N) is 3. The van der Waals surface area contributed by atoms with Crippen LogP contribution < -0.4 is 0 Å². The molecule has 1 saturated heterocycles. The lowest BCUT2D eigenvalue weighted by molar-refractivity contribution is -0.135. The lowest BCUT2D eigenvalue weighted by atomic mass is 9.48. The normalized spacial score (nSPS) is 50.1. The van der Waals surface area contributed by atoms with Crippen LogP contribution in [0.1, 0.15) is 68.6 Å². The summed E-state index contributed by atoms with van der Waals surface area (Å²) in [5.74, 6) is 2.37. The number of rotatable bonds is 4. The predicted molar refractivity (Wildman–Crippen MR) is 129 cm³/mol. The van der Waals surface area contributed by atoms with E-state index < -0.39 is 24.9 Å². The van der Waals surface area contributed by atoms with Crippen molar-refractivity contribution in [2.45, 2.75) is 76.4 Å². The van der Waals surface area contributed by atoms with Gasteiger partial charge in [-0.3, -0.25) is 14.3 Å². The molecule has 6 aliphatic carbocycles. The Labute approximate surface area is 216 Å². The van der Waals surface area contributed by atoms with Gasteiger partial charge in [0.2, 0.25) is 0 Å². The molecule has 37 heavy (non-hydrogen) atoms. The summed E-state index contributed by atoms with van der Waals surface area (Å²) in [5.41, 5.74) is -0.0145. The molecule has 8 rings (SSSR count). The Bertz CT molecular complexity index is 1180. The fourth-order valence-electron chi connectivity index (χ4n) is 10.9. The molecule has 7 aliphatic rings. The van der Waals surface area contributed by atoms with Crippen molar-refractivity contribution in [2.75, 3.05) is 13.1 Å². The van der Waals surface area contributed by atoms with Crippen LogP contribution in [-0.2, 0) is 11.3 Å². The van der Waals surface area contributed by atoms with Gasteiger partial charge < -0.3 is 10.0 Å². The predicted octanol–water partition coefficient (Wildman–Crippen LogP) is 4.03. The van der Waals surface area contributed by atoms with Crippen molar-refractivity contribution in [1.82, 2.24) is 14.7 Å². The van der Waals surface area contributed by atoms with Crippen LogP contribution >= 0.6 is 0 Å². The van der Waals surface area contributed by atoms with Gasteiger partial charge in [0.1, 0.15) is 0 Å². The summed E-state index contributed by atoms with van der Waals surface area (Å²) >= 11 is 0. The number of amides is 1. The summed E-state index contributed by atoms with van der Waals surface area (Å²) in [6, 6.07) is 0. The van der Waals surface area contributed by atoms with Crippen molar-refractivity contribution in [3.05, 3.63) is 18.0 Å². The average Bonchev–Trinajstić information content (AvgIpc) is 3.67. The first-order chi connectivity index (χ1) is 17.6. The van der Waals surface area contributed by atoms with Crippen molar-refractivity contribution < 1.29 is 23.5 Å². The van der Waals surface area contributed by atoms with Gasteiger partial charge in [-0.15, -0.1) is 0 Å². The molecule has 8 heteroatoms. The van der Waals surface area contributed by atoms with Gasteiger partial charge in [-0.2, -0.15) is 5.10 Å². The van der Waals surface area contributed by atoms with E-state index in [4.69, 9.17) is 0 Å². The fourth-order valence-corrected chi connectivity index (χ4v) is 10.9. The van der Waals surface area contributed by atoms with Crippen LogP contribution in [0.4, 0.5) is 8.78 Å². The molecule has 0 bridgehead atoms. The Morgan fingerprint density at radius 2 is 1.76 bits per heavy atom. The number of Topliss-reactive ketones (excluding diaryl/α,β-unsaturated/α-hetero) is 1. The molecule has 7 fully saturated rings. The quantitative estimate of drug-likeness (QED) is 0.660. The first-order valence-electron chi connectivity index (χ1n) is 14.5. The number of alkyl halides is 2. The van der Waals surface area contributed by atoms with Gasteiger partial charge in [-0.05, 0) is 104 Å². The third-order valence-corrected chi connectivity index (χ3v) is 12.4. The van der Waals surface area contributed by atoms with Crippen LogP contribution in [0.25, 0.3) is 0 Å². The second kappa shape index (κ2) is 7.22. The highest BCUT2D eigenvalue weighted by molar-refractivity contribution is 5.94. The van der Waals surface area contributed by atoms with E-state index in [1.165, 1.54) is 43.0 Å². The molecular weight excluding hydrogens is 476 g/mol. The number of aromatic nitrogens is 2.